The van der Waals surface area contributed by atoms with E-state index in [-0.39, 0.29) is 62.1 Å². The first-order valence-corrected chi connectivity index (χ1v) is 27.2. The number of aromatic hydroxyl groups is 2. The molecule has 81 heavy (non-hydrogen) atoms. The van der Waals surface area contributed by atoms with Crippen molar-refractivity contribution in [3.63, 3.8) is 0 Å². The molecule has 434 valence electrons. The Balaban J connectivity index is 1.58. The summed E-state index contributed by atoms with van der Waals surface area (Å²) in [5.41, 5.74) is 25.4. The molecule has 24 nitrogen and oxygen atoms in total. The Labute approximate surface area is 476 Å². The molecule has 1 aliphatic rings. The van der Waals surface area contributed by atoms with E-state index in [9.17, 15) is 63.3 Å². The van der Waals surface area contributed by atoms with Gasteiger partial charge >= 0.3 is 0 Å². The number of nitrogens with one attached hydrogen (secondary N) is 7. The van der Waals surface area contributed by atoms with Crippen LogP contribution in [0, 0.1) is 5.92 Å². The second kappa shape index (κ2) is 31.0. The van der Waals surface area contributed by atoms with Crippen LogP contribution in [0.4, 0.5) is 4.79 Å². The summed E-state index contributed by atoms with van der Waals surface area (Å²) in [6, 6.07) is 12.8. The van der Waals surface area contributed by atoms with Crippen molar-refractivity contribution in [3.05, 3.63) is 130 Å². The van der Waals surface area contributed by atoms with Gasteiger partial charge in [-0.1, -0.05) is 71.9 Å². The van der Waals surface area contributed by atoms with E-state index in [0.29, 0.717) is 45.5 Å². The molecule has 26 heteroatoms. The van der Waals surface area contributed by atoms with Crippen LogP contribution >= 0.6 is 23.4 Å². The molecule has 0 bridgehead atoms. The van der Waals surface area contributed by atoms with Crippen LogP contribution in [0.25, 0.3) is 0 Å². The lowest BCUT2D eigenvalue weighted by molar-refractivity contribution is -0.137. The third kappa shape index (κ3) is 20.5. The van der Waals surface area contributed by atoms with E-state index in [2.05, 4.69) is 37.2 Å². The molecule has 0 saturated carbocycles. The highest BCUT2D eigenvalue weighted by Gasteiger charge is 2.37. The van der Waals surface area contributed by atoms with Crippen LogP contribution in [0.1, 0.15) is 65.2 Å². The number of nitrogens with two attached hydrogens (primary N) is 4. The van der Waals surface area contributed by atoms with Gasteiger partial charge in [0.1, 0.15) is 41.7 Å². The lowest BCUT2D eigenvalue weighted by Gasteiger charge is -2.28. The van der Waals surface area contributed by atoms with E-state index in [0.717, 1.165) is 6.92 Å². The maximum absolute atomic E-state index is 14.8. The van der Waals surface area contributed by atoms with Gasteiger partial charge in [-0.05, 0) is 116 Å². The summed E-state index contributed by atoms with van der Waals surface area (Å²) in [6.45, 7) is 0.630. The minimum absolute atomic E-state index is 0.0102. The van der Waals surface area contributed by atoms with Crippen LogP contribution in [0.2, 0.25) is 5.02 Å². The number of aliphatic hydroxyl groups excluding tert-OH is 1. The predicted octanol–water partition coefficient (Wildman–Crippen LogP) is -0.616. The maximum Gasteiger partial charge on any atom is 0.279 e. The lowest BCUT2D eigenvalue weighted by atomic mass is 9.90. The number of amides is 9. The third-order valence-corrected chi connectivity index (χ3v) is 14.3. The SMILES string of the molecule is CC(O)[C@@H]1NC(=O)[C@H](CCCCN)NC(=O)[C@@H](Cc2ccc(C(N)=O)cc2)NC(=O)[C@H](Cc2ccc(O)cc2)CC(=O)[C@H](NC(=O)[C@@H](N)Cc2ccc(Cl)cc2)CSC(=O)NC[C@@H](C(=O)N[C@H](Cc2ccc(O)cc2)C(N)=O)NC1=O. The second-order valence-corrected chi connectivity index (χ2v) is 20.9. The molecule has 1 fully saturated rings. The number of unbranched alkanes of at least 4 members (excludes halogenated alkanes) is 1. The number of benzene rings is 4. The maximum atomic E-state index is 14.8. The van der Waals surface area contributed by atoms with Crippen LogP contribution < -0.4 is 60.2 Å². The molecule has 9 amide bonds. The van der Waals surface area contributed by atoms with Gasteiger partial charge in [0, 0.05) is 48.1 Å². The Morgan fingerprint density at radius 1 is 0.704 bits per heavy atom. The van der Waals surface area contributed by atoms with Gasteiger partial charge in [-0.25, -0.2) is 0 Å². The summed E-state index contributed by atoms with van der Waals surface area (Å²) in [5, 5.41) is 48.2. The molecule has 0 aliphatic carbocycles. The van der Waals surface area contributed by atoms with Crippen molar-refractivity contribution in [1.82, 2.24) is 37.2 Å². The fourth-order valence-corrected chi connectivity index (χ4v) is 9.38. The van der Waals surface area contributed by atoms with Gasteiger partial charge in [0.2, 0.25) is 47.3 Å². The van der Waals surface area contributed by atoms with Gasteiger partial charge in [-0.2, -0.15) is 0 Å². The average Bonchev–Trinajstić information content (AvgIpc) is 3.44. The zero-order chi connectivity index (χ0) is 59.3. The minimum Gasteiger partial charge on any atom is -0.508 e. The molecule has 5 rings (SSSR count). The van der Waals surface area contributed by atoms with Crippen LogP contribution in [0.15, 0.2) is 97.1 Å². The van der Waals surface area contributed by atoms with Crippen molar-refractivity contribution in [2.24, 2.45) is 28.9 Å². The number of primary amides is 2. The van der Waals surface area contributed by atoms with Gasteiger partial charge in [0.05, 0.1) is 18.2 Å². The zero-order valence-corrected chi connectivity index (χ0v) is 45.8. The number of thioether (sulfide) groups is 1. The molecule has 0 aromatic heterocycles. The molecule has 18 N–H and O–H groups in total. The fraction of sp³-hybridized carbons (Fsp3) is 0.382. The number of ketones is 1. The topological polar surface area (TPSA) is 420 Å². The van der Waals surface area contributed by atoms with E-state index >= 15 is 0 Å². The summed E-state index contributed by atoms with van der Waals surface area (Å²) in [6.07, 6.45) is -2.41. The van der Waals surface area contributed by atoms with E-state index in [1.807, 2.05) is 0 Å². The molecule has 1 unspecified atom stereocenters. The van der Waals surface area contributed by atoms with Crippen LogP contribution in [0.3, 0.4) is 0 Å². The van der Waals surface area contributed by atoms with Gasteiger partial charge in [0.25, 0.3) is 5.24 Å². The quantitative estimate of drug-likeness (QED) is 0.0521. The van der Waals surface area contributed by atoms with Crippen LogP contribution in [-0.4, -0.2) is 141 Å². The van der Waals surface area contributed by atoms with Gasteiger partial charge in [-0.3, -0.25) is 47.9 Å². The number of rotatable bonds is 19. The third-order valence-electron chi connectivity index (χ3n) is 13.1. The molecular formula is C55H68ClN11O13S. The smallest absolute Gasteiger partial charge is 0.279 e. The number of hydrogen-bond donors (Lipinski definition) is 14. The van der Waals surface area contributed by atoms with Crippen LogP contribution in [-0.2, 0) is 64.0 Å². The highest BCUT2D eigenvalue weighted by atomic mass is 35.5. The Bertz CT molecular complexity index is 2860. The Hall–Kier alpha value is -8.10. The molecule has 0 radical (unpaired) electrons. The largest absolute Gasteiger partial charge is 0.508 e. The van der Waals surface area contributed by atoms with E-state index in [4.69, 9.17) is 34.5 Å². The molecule has 4 aromatic carbocycles. The van der Waals surface area contributed by atoms with Crippen molar-refractivity contribution in [1.29, 1.82) is 0 Å². The monoisotopic (exact) mass is 1160 g/mol. The number of aliphatic hydroxyl groups is 1. The molecule has 1 heterocycles. The minimum atomic E-state index is -1.84. The molecule has 1 saturated heterocycles. The predicted molar refractivity (Wildman–Crippen MR) is 300 cm³/mol. The fourth-order valence-electron chi connectivity index (χ4n) is 8.48. The molecular weight excluding hydrogens is 1090 g/mol. The number of carbonyl (C=O) groups excluding carboxylic acids is 10. The summed E-state index contributed by atoms with van der Waals surface area (Å²) in [5.74, 6) is -10.3. The first-order chi connectivity index (χ1) is 38.5. The standard InChI is InChI=1S/C55H68ClN11O13S/c1-29(68)46-54(79)65-43(53(78)63-41(48(60)73)24-33-11-19-38(70)20-12-33)27-61-55(80)81-28-44(66-50(75)39(58)23-31-7-15-36(56)16-8-31)45(71)26-35(22-30-9-17-37(69)18-10-30)49(74)64-42(25-32-5-13-34(14-6-32)47(59)72)52(77)62-40(51(76)67-46)4-2-3-21-57/h5-20,29,35,39-44,46,68-70H,2-4,21-28,57-58H2,1H3,(H2,59,72)(H2,60,73)(H,61,80)(H,62,77)(H,63,78)(H,64,74)(H,65,79)(H,66,75)(H,67,76)/t29?,35-,39+,40+,41-,42-,43+,44-,46+/m1/s1. The summed E-state index contributed by atoms with van der Waals surface area (Å²) in [4.78, 5) is 139. The van der Waals surface area contributed by atoms with Crippen LogP contribution in [0.5, 0.6) is 11.5 Å². The Kier molecular flexibility index (Phi) is 24.4. The van der Waals surface area contributed by atoms with Crippen molar-refractivity contribution >= 4 is 81.6 Å². The Morgan fingerprint density at radius 2 is 1.26 bits per heavy atom. The number of carbonyl (C=O) groups is 10. The van der Waals surface area contributed by atoms with E-state index in [1.165, 1.54) is 72.8 Å². The van der Waals surface area contributed by atoms with Gasteiger partial charge < -0.3 is 75.5 Å². The first kappa shape index (κ1) is 63.7. The summed E-state index contributed by atoms with van der Waals surface area (Å²) < 4.78 is 0. The summed E-state index contributed by atoms with van der Waals surface area (Å²) in [7, 11) is 0. The summed E-state index contributed by atoms with van der Waals surface area (Å²) >= 11 is 6.52. The highest BCUT2D eigenvalue weighted by Crippen LogP contribution is 2.21. The van der Waals surface area contributed by atoms with Gasteiger partial charge in [0.15, 0.2) is 5.78 Å². The van der Waals surface area contributed by atoms with Crippen molar-refractivity contribution in [3.8, 4) is 11.5 Å². The lowest BCUT2D eigenvalue weighted by Crippen LogP contribution is -2.62. The molecule has 4 aromatic rings. The second-order valence-electron chi connectivity index (χ2n) is 19.5. The number of hydrogen-bond acceptors (Lipinski definition) is 16. The molecule has 0 spiro atoms. The zero-order valence-electron chi connectivity index (χ0n) is 44.2. The van der Waals surface area contributed by atoms with Crippen molar-refractivity contribution < 1.29 is 63.3 Å². The van der Waals surface area contributed by atoms with E-state index < -0.39 is 131 Å². The Morgan fingerprint density at radius 3 is 1.85 bits per heavy atom. The number of halogens is 1. The highest BCUT2D eigenvalue weighted by molar-refractivity contribution is 8.13. The number of phenols is 2. The molecule has 9 atom stereocenters. The van der Waals surface area contributed by atoms with Crippen molar-refractivity contribution in [2.45, 2.75) is 107 Å². The van der Waals surface area contributed by atoms with Crippen molar-refractivity contribution in [2.75, 3.05) is 18.8 Å². The first-order valence-electron chi connectivity index (χ1n) is 25.9. The number of Topliss-reactive ketones (excluding diaryl/α,β-unsaturated/α-hetero) is 1. The average molecular weight is 1160 g/mol. The van der Waals surface area contributed by atoms with Gasteiger partial charge in [-0.15, -0.1) is 0 Å². The number of phenolic OH excluding ortho intramolecular Hbond substituents is 2. The van der Waals surface area contributed by atoms with E-state index in [1.54, 1.807) is 24.3 Å². The molecule has 1 aliphatic heterocycles. The normalized spacial score (nSPS) is 21.0.